The van der Waals surface area contributed by atoms with Crippen molar-refractivity contribution in [2.24, 2.45) is 4.74 Å². The summed E-state index contributed by atoms with van der Waals surface area (Å²) < 4.78 is 5.43. The van der Waals surface area contributed by atoms with Gasteiger partial charge >= 0.3 is 0 Å². The third-order valence-corrected chi connectivity index (χ3v) is 12.1. The molecule has 30 heavy (non-hydrogen) atoms. The average molecular weight is 459 g/mol. The van der Waals surface area contributed by atoms with E-state index >= 15 is 0 Å². The van der Waals surface area contributed by atoms with E-state index in [2.05, 4.69) is 78.5 Å². The number of allylic oxidation sites excluding steroid dienone is 5. The van der Waals surface area contributed by atoms with E-state index in [0.29, 0.717) is 0 Å². The van der Waals surface area contributed by atoms with Crippen LogP contribution in [0.3, 0.4) is 0 Å². The van der Waals surface area contributed by atoms with E-state index in [4.69, 9.17) is 4.74 Å². The van der Waals surface area contributed by atoms with Crippen LogP contribution in [-0.2, 0) is 21.7 Å². The van der Waals surface area contributed by atoms with Crippen LogP contribution in [-0.4, -0.2) is 17.0 Å². The molecule has 1 aromatic rings. The van der Waals surface area contributed by atoms with Crippen LogP contribution in [0.25, 0.3) is 6.08 Å². The van der Waals surface area contributed by atoms with Crippen molar-refractivity contribution in [2.45, 2.75) is 84.2 Å². The molecule has 0 bridgehead atoms. The quantitative estimate of drug-likeness (QED) is 0.198. The Morgan fingerprint density at radius 1 is 0.967 bits per heavy atom. The largest absolute Gasteiger partial charge is 0.271 e. The summed E-state index contributed by atoms with van der Waals surface area (Å²) in [6.07, 6.45) is 17.2. The molecule has 0 saturated carbocycles. The van der Waals surface area contributed by atoms with Gasteiger partial charge in [0.1, 0.15) is 0 Å². The molecule has 1 aliphatic carbocycles. The molecule has 0 spiro atoms. The Labute approximate surface area is 201 Å². The fourth-order valence-electron chi connectivity index (χ4n) is 3.95. The van der Waals surface area contributed by atoms with Crippen molar-refractivity contribution in [3.8, 4) is 0 Å². The zero-order valence-corrected chi connectivity index (χ0v) is 22.5. The van der Waals surface area contributed by atoms with E-state index in [0.717, 1.165) is 23.4 Å². The number of hydrogen-bond acceptors (Lipinski definition) is 1. The Morgan fingerprint density at radius 2 is 1.50 bits per heavy atom. The first-order valence-corrected chi connectivity index (χ1v) is 13.2. The maximum atomic E-state index is 5.43. The normalized spacial score (nSPS) is 17.6. The summed E-state index contributed by atoms with van der Waals surface area (Å²) in [6, 6.07) is 10.1. The van der Waals surface area contributed by atoms with E-state index in [1.807, 2.05) is 30.4 Å². The van der Waals surface area contributed by atoms with Crippen LogP contribution in [0.5, 0.6) is 0 Å². The Kier molecular flexibility index (Phi) is 15.4. The van der Waals surface area contributed by atoms with Gasteiger partial charge < -0.3 is 0 Å². The molecule has 3 unspecified atom stereocenters. The predicted molar refractivity (Wildman–Crippen MR) is 136 cm³/mol. The van der Waals surface area contributed by atoms with Crippen LogP contribution in [0.2, 0.25) is 0 Å². The van der Waals surface area contributed by atoms with Gasteiger partial charge in [-0.25, -0.2) is 0 Å². The fourth-order valence-corrected chi connectivity index (χ4v) is 9.50. The van der Waals surface area contributed by atoms with Gasteiger partial charge in [-0.15, -0.1) is 0 Å². The van der Waals surface area contributed by atoms with Gasteiger partial charge in [-0.2, -0.15) is 0 Å². The second-order valence-corrected chi connectivity index (χ2v) is 12.4. The van der Waals surface area contributed by atoms with Crippen LogP contribution in [0.1, 0.15) is 72.8 Å². The van der Waals surface area contributed by atoms with Crippen LogP contribution in [0, 0.1) is 0 Å². The summed E-state index contributed by atoms with van der Waals surface area (Å²) in [7, 11) is -1.30. The molecule has 0 heterocycles. The van der Waals surface area contributed by atoms with Gasteiger partial charge in [-0.1, -0.05) is 109 Å². The van der Waals surface area contributed by atoms with Crippen LogP contribution >= 0.6 is 7.05 Å². The van der Waals surface area contributed by atoms with E-state index in [9.17, 15) is 0 Å². The van der Waals surface area contributed by atoms with Crippen LogP contribution < -0.4 is 0 Å². The first-order chi connectivity index (χ1) is 14.0. The molecule has 0 fully saturated rings. The van der Waals surface area contributed by atoms with E-state index in [1.54, 1.807) is 6.08 Å². The van der Waals surface area contributed by atoms with Crippen molar-refractivity contribution in [2.75, 3.05) is 0 Å². The molecule has 0 amide bonds. The SMILES string of the molecule is C=CC=Cc1ccccc1.CCC(C)P(=NC1=CC=CC1)(C(C)CC)C(C)CC.[Ti]. The van der Waals surface area contributed by atoms with Gasteiger partial charge in [0.2, 0.25) is 0 Å². The second kappa shape index (κ2) is 15.9. The minimum atomic E-state index is -1.30. The van der Waals surface area contributed by atoms with Gasteiger partial charge in [0, 0.05) is 33.8 Å². The Balaban J connectivity index is 0.000000646. The number of nitrogens with zero attached hydrogens (tertiary/aromatic N) is 1. The van der Waals surface area contributed by atoms with Crippen molar-refractivity contribution >= 4 is 13.1 Å². The van der Waals surface area contributed by atoms with Gasteiger partial charge in [0.05, 0.1) is 0 Å². The van der Waals surface area contributed by atoms with E-state index in [1.165, 1.54) is 30.5 Å². The molecular formula is C27H42NPTi. The zero-order valence-electron chi connectivity index (χ0n) is 20.0. The number of rotatable bonds is 9. The molecular weight excluding hydrogens is 417 g/mol. The summed E-state index contributed by atoms with van der Waals surface area (Å²) in [5.74, 6) is 0. The smallest absolute Gasteiger partial charge is 0.0425 e. The summed E-state index contributed by atoms with van der Waals surface area (Å²) in [6.45, 7) is 17.9. The molecule has 0 N–H and O–H groups in total. The standard InChI is InChI=1S/C17H32NP.C10H10.Ti/c1-7-14(4)19(15(5)8-2,16(6)9-3)18-17-12-10-11-13-17;1-2-3-7-10-8-5-4-6-9-10;/h10-12,14-16H,7-9,13H2,1-6H3;2-9H,1H2;. The maximum Gasteiger partial charge on any atom is 0.0425 e. The fraction of sp³-hybridized carbons (Fsp3) is 0.481. The molecule has 1 aliphatic rings. The Hall–Kier alpha value is -0.876. The third-order valence-electron chi connectivity index (χ3n) is 6.17. The summed E-state index contributed by atoms with van der Waals surface area (Å²) in [5.41, 5.74) is 4.79. The molecule has 0 saturated heterocycles. The molecule has 3 heteroatoms. The molecule has 1 nitrogen and oxygen atoms in total. The van der Waals surface area contributed by atoms with Crippen LogP contribution in [0.4, 0.5) is 0 Å². The molecule has 0 aromatic heterocycles. The molecule has 1 aromatic carbocycles. The molecule has 164 valence electrons. The predicted octanol–water partition coefficient (Wildman–Crippen LogP) is 9.31. The second-order valence-electron chi connectivity index (χ2n) is 7.96. The minimum absolute atomic E-state index is 0. The van der Waals surface area contributed by atoms with E-state index < -0.39 is 7.05 Å². The number of hydrogen-bond donors (Lipinski definition) is 0. The summed E-state index contributed by atoms with van der Waals surface area (Å²) >= 11 is 0. The van der Waals surface area contributed by atoms with E-state index in [-0.39, 0.29) is 21.7 Å². The van der Waals surface area contributed by atoms with Gasteiger partial charge in [-0.05, 0) is 54.9 Å². The first kappa shape index (κ1) is 29.1. The minimum Gasteiger partial charge on any atom is -0.271 e. The van der Waals surface area contributed by atoms with Gasteiger partial charge in [-0.3, -0.25) is 4.74 Å². The Bertz CT molecular complexity index is 712. The molecule has 0 radical (unpaired) electrons. The Morgan fingerprint density at radius 3 is 1.90 bits per heavy atom. The molecule has 2 rings (SSSR count). The molecule has 3 atom stereocenters. The van der Waals surface area contributed by atoms with Gasteiger partial charge in [0.15, 0.2) is 0 Å². The zero-order chi connectivity index (χ0) is 21.7. The molecule has 0 aliphatic heterocycles. The first-order valence-electron chi connectivity index (χ1n) is 11.3. The van der Waals surface area contributed by atoms with Crippen molar-refractivity contribution in [3.63, 3.8) is 0 Å². The topological polar surface area (TPSA) is 12.4 Å². The van der Waals surface area contributed by atoms with Crippen molar-refractivity contribution in [1.29, 1.82) is 0 Å². The average Bonchev–Trinajstić information content (AvgIpc) is 3.28. The van der Waals surface area contributed by atoms with Crippen molar-refractivity contribution in [1.82, 2.24) is 0 Å². The van der Waals surface area contributed by atoms with Crippen LogP contribution in [0.15, 0.2) is 77.7 Å². The summed E-state index contributed by atoms with van der Waals surface area (Å²) in [5, 5.41) is 0. The third kappa shape index (κ3) is 8.34. The van der Waals surface area contributed by atoms with Crippen molar-refractivity contribution in [3.05, 3.63) is 78.6 Å². The summed E-state index contributed by atoms with van der Waals surface area (Å²) in [4.78, 5) is 0. The monoisotopic (exact) mass is 459 g/mol. The van der Waals surface area contributed by atoms with Crippen molar-refractivity contribution < 1.29 is 21.7 Å². The van der Waals surface area contributed by atoms with Gasteiger partial charge in [0.25, 0.3) is 0 Å². The number of benzene rings is 1. The maximum absolute atomic E-state index is 5.43.